The third-order valence-electron chi connectivity index (χ3n) is 4.57. The third-order valence-corrected chi connectivity index (χ3v) is 6.97. The summed E-state index contributed by atoms with van der Waals surface area (Å²) < 4.78 is 1.90. The second-order valence-electron chi connectivity index (χ2n) is 6.61. The molecule has 1 aromatic heterocycles. The van der Waals surface area contributed by atoms with Gasteiger partial charge in [0.25, 0.3) is 5.91 Å². The Morgan fingerprint density at radius 3 is 2.68 bits per heavy atom. The van der Waals surface area contributed by atoms with Crippen molar-refractivity contribution < 1.29 is 9.59 Å². The summed E-state index contributed by atoms with van der Waals surface area (Å²) in [6.45, 7) is 3.44. The maximum absolute atomic E-state index is 12.6. The number of benzene rings is 2. The predicted molar refractivity (Wildman–Crippen MR) is 114 cm³/mol. The average Bonchev–Trinajstić information content (AvgIpc) is 3.33. The summed E-state index contributed by atoms with van der Waals surface area (Å²) in [4.78, 5) is 33.1. The fraction of sp³-hybridized carbons (Fsp3) is 0.250. The lowest BCUT2D eigenvalue weighted by Crippen LogP contribution is -2.34. The van der Waals surface area contributed by atoms with Crippen molar-refractivity contribution in [3.63, 3.8) is 0 Å². The number of nitrogens with zero attached hydrogens (tertiary/aromatic N) is 3. The number of thiazole rings is 1. The Hall–Kier alpha value is -2.09. The van der Waals surface area contributed by atoms with Crippen molar-refractivity contribution >= 4 is 56.7 Å². The van der Waals surface area contributed by atoms with Gasteiger partial charge in [-0.3, -0.25) is 9.59 Å². The maximum atomic E-state index is 12.6. The normalized spacial score (nSPS) is 14.1. The van der Waals surface area contributed by atoms with Crippen LogP contribution in [0.2, 0.25) is 5.02 Å². The van der Waals surface area contributed by atoms with Gasteiger partial charge in [0.05, 0.1) is 22.6 Å². The number of hydrogen-bond acceptors (Lipinski definition) is 5. The van der Waals surface area contributed by atoms with E-state index in [1.54, 1.807) is 21.1 Å². The van der Waals surface area contributed by atoms with Gasteiger partial charge in [-0.25, -0.2) is 4.98 Å². The highest BCUT2D eigenvalue weighted by atomic mass is 35.5. The Bertz CT molecular complexity index is 1040. The van der Waals surface area contributed by atoms with E-state index in [1.807, 2.05) is 49.4 Å². The first-order chi connectivity index (χ1) is 13.5. The van der Waals surface area contributed by atoms with E-state index in [9.17, 15) is 9.59 Å². The molecular formula is C20H18ClN3O2S2. The summed E-state index contributed by atoms with van der Waals surface area (Å²) in [5.41, 5.74) is 2.62. The van der Waals surface area contributed by atoms with Gasteiger partial charge in [-0.05, 0) is 37.3 Å². The lowest BCUT2D eigenvalue weighted by molar-refractivity contribution is -0.127. The van der Waals surface area contributed by atoms with E-state index in [-0.39, 0.29) is 11.8 Å². The van der Waals surface area contributed by atoms with E-state index in [0.717, 1.165) is 20.1 Å². The fourth-order valence-corrected chi connectivity index (χ4v) is 5.11. The van der Waals surface area contributed by atoms with E-state index >= 15 is 0 Å². The third kappa shape index (κ3) is 4.16. The van der Waals surface area contributed by atoms with Gasteiger partial charge in [0.2, 0.25) is 5.91 Å². The lowest BCUT2D eigenvalue weighted by Gasteiger charge is -2.18. The molecule has 5 nitrogen and oxygen atoms in total. The largest absolute Gasteiger partial charge is 0.322 e. The smallest absolute Gasteiger partial charge is 0.255 e. The highest BCUT2D eigenvalue weighted by Crippen LogP contribution is 2.31. The Kier molecular flexibility index (Phi) is 5.57. The van der Waals surface area contributed by atoms with Crippen molar-refractivity contribution in [1.29, 1.82) is 0 Å². The molecule has 0 unspecified atom stereocenters. The quantitative estimate of drug-likeness (QED) is 0.578. The monoisotopic (exact) mass is 431 g/mol. The molecule has 2 heterocycles. The number of amides is 2. The molecule has 3 aromatic rings. The molecule has 0 atom stereocenters. The molecule has 1 aliphatic rings. The minimum atomic E-state index is -0.0361. The molecule has 4 rings (SSSR count). The van der Waals surface area contributed by atoms with Crippen LogP contribution in [0.1, 0.15) is 15.9 Å². The summed E-state index contributed by atoms with van der Waals surface area (Å²) in [5.74, 6) is 0.285. The second-order valence-corrected chi connectivity index (χ2v) is 9.30. The molecule has 0 spiro atoms. The van der Waals surface area contributed by atoms with Gasteiger partial charge in [0.1, 0.15) is 0 Å². The van der Waals surface area contributed by atoms with Crippen molar-refractivity contribution in [3.8, 4) is 0 Å². The van der Waals surface area contributed by atoms with Crippen LogP contribution in [0.3, 0.4) is 0 Å². The van der Waals surface area contributed by atoms with Crippen LogP contribution in [0.4, 0.5) is 0 Å². The summed E-state index contributed by atoms with van der Waals surface area (Å²) in [6, 6.07) is 13.1. The first kappa shape index (κ1) is 19.2. The van der Waals surface area contributed by atoms with Gasteiger partial charge in [-0.15, -0.1) is 11.3 Å². The minimum absolute atomic E-state index is 0.0153. The summed E-state index contributed by atoms with van der Waals surface area (Å²) in [7, 11) is 0. The van der Waals surface area contributed by atoms with Crippen LogP contribution in [0, 0.1) is 6.92 Å². The van der Waals surface area contributed by atoms with Gasteiger partial charge in [0.15, 0.2) is 4.34 Å². The zero-order chi connectivity index (χ0) is 19.7. The van der Waals surface area contributed by atoms with Crippen molar-refractivity contribution in [1.82, 2.24) is 14.8 Å². The van der Waals surface area contributed by atoms with Crippen LogP contribution in [0.25, 0.3) is 10.2 Å². The number of aromatic nitrogens is 1. The van der Waals surface area contributed by atoms with Crippen molar-refractivity contribution in [3.05, 3.63) is 58.6 Å². The van der Waals surface area contributed by atoms with Gasteiger partial charge in [-0.1, -0.05) is 41.1 Å². The van der Waals surface area contributed by atoms with E-state index < -0.39 is 0 Å². The van der Waals surface area contributed by atoms with E-state index in [0.29, 0.717) is 36.1 Å². The molecule has 1 fully saturated rings. The van der Waals surface area contributed by atoms with E-state index in [4.69, 9.17) is 11.6 Å². The van der Waals surface area contributed by atoms with Crippen LogP contribution in [0.15, 0.2) is 46.8 Å². The summed E-state index contributed by atoms with van der Waals surface area (Å²) in [5, 5.41) is 0.654. The number of thioether (sulfide) groups is 1. The minimum Gasteiger partial charge on any atom is -0.322 e. The first-order valence-corrected chi connectivity index (χ1v) is 11.0. The Balaban J connectivity index is 1.34. The zero-order valence-electron chi connectivity index (χ0n) is 15.2. The molecule has 0 bridgehead atoms. The van der Waals surface area contributed by atoms with Crippen LogP contribution in [0.5, 0.6) is 0 Å². The van der Waals surface area contributed by atoms with Crippen LogP contribution < -0.4 is 0 Å². The van der Waals surface area contributed by atoms with Gasteiger partial charge in [-0.2, -0.15) is 0 Å². The Labute approximate surface area is 176 Å². The lowest BCUT2D eigenvalue weighted by atomic mass is 10.1. The molecule has 0 N–H and O–H groups in total. The standard InChI is InChI=1S/C20H18ClN3O2S2/c1-13-2-4-14(5-3-13)19(26)24-9-8-23(12-24)18(25)11-27-20-22-16-10-15(21)6-7-17(16)28-20/h2-7,10H,8-9,11-12H2,1H3. The van der Waals surface area contributed by atoms with Crippen molar-refractivity contribution in [2.24, 2.45) is 0 Å². The molecular weight excluding hydrogens is 414 g/mol. The fourth-order valence-electron chi connectivity index (χ4n) is 2.99. The molecule has 2 amide bonds. The molecule has 28 heavy (non-hydrogen) atoms. The number of hydrogen-bond donors (Lipinski definition) is 0. The molecule has 0 aliphatic carbocycles. The van der Waals surface area contributed by atoms with Crippen LogP contribution in [-0.4, -0.2) is 52.1 Å². The average molecular weight is 432 g/mol. The van der Waals surface area contributed by atoms with E-state index in [2.05, 4.69) is 4.98 Å². The number of carbonyl (C=O) groups is 2. The molecule has 8 heteroatoms. The summed E-state index contributed by atoms with van der Waals surface area (Å²) >= 11 is 8.97. The van der Waals surface area contributed by atoms with Crippen molar-refractivity contribution in [2.75, 3.05) is 25.5 Å². The SMILES string of the molecule is Cc1ccc(C(=O)N2CCN(C(=O)CSc3nc4cc(Cl)ccc4s3)C2)cc1. The second kappa shape index (κ2) is 8.11. The number of halogens is 1. The van der Waals surface area contributed by atoms with Gasteiger partial charge in [0, 0.05) is 23.7 Å². The highest BCUT2D eigenvalue weighted by Gasteiger charge is 2.28. The highest BCUT2D eigenvalue weighted by molar-refractivity contribution is 8.01. The van der Waals surface area contributed by atoms with Crippen LogP contribution in [-0.2, 0) is 4.79 Å². The first-order valence-electron chi connectivity index (χ1n) is 8.82. The molecule has 1 aliphatic heterocycles. The molecule has 0 saturated carbocycles. The molecule has 1 saturated heterocycles. The molecule has 0 radical (unpaired) electrons. The topological polar surface area (TPSA) is 53.5 Å². The number of rotatable bonds is 4. The van der Waals surface area contributed by atoms with Crippen molar-refractivity contribution in [2.45, 2.75) is 11.3 Å². The zero-order valence-corrected chi connectivity index (χ0v) is 17.6. The van der Waals surface area contributed by atoms with Gasteiger partial charge < -0.3 is 9.80 Å². The van der Waals surface area contributed by atoms with Crippen LogP contribution >= 0.6 is 34.7 Å². The molecule has 2 aromatic carbocycles. The van der Waals surface area contributed by atoms with E-state index in [1.165, 1.54) is 11.8 Å². The number of aryl methyl sites for hydroxylation is 1. The number of fused-ring (bicyclic) bond motifs is 1. The number of carbonyl (C=O) groups excluding carboxylic acids is 2. The maximum Gasteiger partial charge on any atom is 0.255 e. The summed E-state index contributed by atoms with van der Waals surface area (Å²) in [6.07, 6.45) is 0. The Morgan fingerprint density at radius 2 is 1.89 bits per heavy atom. The predicted octanol–water partition coefficient (Wildman–Crippen LogP) is 4.29. The Morgan fingerprint density at radius 1 is 1.14 bits per heavy atom. The molecule has 144 valence electrons. The van der Waals surface area contributed by atoms with Gasteiger partial charge >= 0.3 is 0 Å².